The van der Waals surface area contributed by atoms with Crippen LogP contribution in [0.4, 0.5) is 0 Å². The van der Waals surface area contributed by atoms with E-state index in [2.05, 4.69) is 0 Å². The molecule has 1 aromatic rings. The molecule has 0 atom stereocenters. The van der Waals surface area contributed by atoms with Crippen molar-refractivity contribution in [3.05, 3.63) is 33.9 Å². The van der Waals surface area contributed by atoms with Crippen LogP contribution in [-0.2, 0) is 0 Å². The van der Waals surface area contributed by atoms with E-state index in [0.717, 1.165) is 12.8 Å². The van der Waals surface area contributed by atoms with E-state index < -0.39 is 11.4 Å². The molecule has 4 nitrogen and oxygen atoms in total. The summed E-state index contributed by atoms with van der Waals surface area (Å²) in [7, 11) is 0. The molecule has 0 fully saturated rings. The van der Waals surface area contributed by atoms with E-state index >= 15 is 0 Å². The Labute approximate surface area is 93.2 Å². The summed E-state index contributed by atoms with van der Waals surface area (Å²) < 4.78 is 4.87. The quantitative estimate of drug-likeness (QED) is 0.794. The van der Waals surface area contributed by atoms with Gasteiger partial charge in [0, 0.05) is 6.07 Å². The Balaban J connectivity index is 3.10. The molecular weight excluding hydrogens is 208 g/mol. The van der Waals surface area contributed by atoms with Gasteiger partial charge in [-0.15, -0.1) is 0 Å². The van der Waals surface area contributed by atoms with Crippen LogP contribution in [0.5, 0.6) is 5.75 Å². The second kappa shape index (κ2) is 5.30. The minimum absolute atomic E-state index is 0.251. The van der Waals surface area contributed by atoms with Crippen molar-refractivity contribution in [3.8, 4) is 5.75 Å². The number of carbonyl (C=O) groups excluding carboxylic acids is 1. The highest BCUT2D eigenvalue weighted by Gasteiger charge is 2.14. The molecule has 0 aliphatic rings. The lowest BCUT2D eigenvalue weighted by molar-refractivity contribution is 0.101. The second-order valence-corrected chi connectivity index (χ2v) is 3.44. The molecule has 0 radical (unpaired) electrons. The van der Waals surface area contributed by atoms with Gasteiger partial charge < -0.3 is 9.52 Å². The van der Waals surface area contributed by atoms with Gasteiger partial charge >= 0.3 is 5.63 Å². The number of hydrogen-bond donors (Lipinski definition) is 1. The summed E-state index contributed by atoms with van der Waals surface area (Å²) >= 11 is 0. The number of unbranched alkanes of at least 4 members (excludes halogenated alkanes) is 1. The van der Waals surface area contributed by atoms with Crippen LogP contribution < -0.4 is 5.63 Å². The monoisotopic (exact) mass is 222 g/mol. The molecule has 16 heavy (non-hydrogen) atoms. The number of ketones is 1. The molecule has 1 aromatic heterocycles. The van der Waals surface area contributed by atoms with Gasteiger partial charge in [0.1, 0.15) is 17.1 Å². The van der Waals surface area contributed by atoms with Gasteiger partial charge in [-0.25, -0.2) is 4.79 Å². The van der Waals surface area contributed by atoms with Crippen LogP contribution in [-0.4, -0.2) is 10.9 Å². The molecule has 0 saturated heterocycles. The third kappa shape index (κ3) is 2.82. The van der Waals surface area contributed by atoms with Gasteiger partial charge in [-0.1, -0.05) is 19.4 Å². The molecule has 1 heterocycles. The lowest BCUT2D eigenvalue weighted by Crippen LogP contribution is -2.12. The molecular formula is C12H14O4. The fourth-order valence-electron chi connectivity index (χ4n) is 1.27. The van der Waals surface area contributed by atoms with Crippen LogP contribution in [0.1, 0.15) is 42.8 Å². The Bertz CT molecular complexity index is 468. The number of hydrogen-bond acceptors (Lipinski definition) is 4. The molecule has 4 heteroatoms. The first-order chi connectivity index (χ1) is 7.56. The molecule has 0 aliphatic carbocycles. The van der Waals surface area contributed by atoms with Crippen molar-refractivity contribution in [1.29, 1.82) is 0 Å². The normalized spacial score (nSPS) is 10.9. The fourth-order valence-corrected chi connectivity index (χ4v) is 1.27. The SMILES string of the molecule is CCC/C=C/c1cc(O)c(C(C)=O)c(=O)o1. The summed E-state index contributed by atoms with van der Waals surface area (Å²) in [5.41, 5.74) is -1.10. The zero-order chi connectivity index (χ0) is 12.1. The first kappa shape index (κ1) is 12.2. The number of Topliss-reactive ketones (excluding diaryl/α,β-unsaturated/α-hetero) is 1. The van der Waals surface area contributed by atoms with Crippen LogP contribution in [0.2, 0.25) is 0 Å². The fraction of sp³-hybridized carbons (Fsp3) is 0.333. The molecule has 0 unspecified atom stereocenters. The Morgan fingerprint density at radius 1 is 1.56 bits per heavy atom. The molecule has 1 N–H and O–H groups in total. The Morgan fingerprint density at radius 3 is 2.75 bits per heavy atom. The van der Waals surface area contributed by atoms with E-state index in [0.29, 0.717) is 0 Å². The van der Waals surface area contributed by atoms with Gasteiger partial charge in [0.15, 0.2) is 5.78 Å². The first-order valence-corrected chi connectivity index (χ1v) is 5.10. The third-order valence-corrected chi connectivity index (χ3v) is 2.04. The molecule has 1 rings (SSSR count). The molecule has 0 saturated carbocycles. The van der Waals surface area contributed by atoms with Gasteiger partial charge in [0.25, 0.3) is 0 Å². The van der Waals surface area contributed by atoms with E-state index in [9.17, 15) is 14.7 Å². The van der Waals surface area contributed by atoms with Gasteiger partial charge in [-0.2, -0.15) is 0 Å². The maximum absolute atomic E-state index is 11.4. The van der Waals surface area contributed by atoms with Crippen LogP contribution >= 0.6 is 0 Å². The smallest absolute Gasteiger partial charge is 0.350 e. The number of aromatic hydroxyl groups is 1. The largest absolute Gasteiger partial charge is 0.507 e. The highest BCUT2D eigenvalue weighted by atomic mass is 16.4. The topological polar surface area (TPSA) is 67.5 Å². The summed E-state index contributed by atoms with van der Waals surface area (Å²) in [5, 5.41) is 9.48. The highest BCUT2D eigenvalue weighted by molar-refractivity contribution is 5.96. The van der Waals surface area contributed by atoms with Gasteiger partial charge in [-0.05, 0) is 19.4 Å². The zero-order valence-electron chi connectivity index (χ0n) is 9.32. The maximum atomic E-state index is 11.4. The molecule has 0 amide bonds. The van der Waals surface area contributed by atoms with Gasteiger partial charge in [-0.3, -0.25) is 4.79 Å². The van der Waals surface area contributed by atoms with E-state index in [4.69, 9.17) is 4.42 Å². The third-order valence-electron chi connectivity index (χ3n) is 2.04. The number of allylic oxidation sites excluding steroid dienone is 1. The average Bonchev–Trinajstić information content (AvgIpc) is 2.16. The molecule has 86 valence electrons. The lowest BCUT2D eigenvalue weighted by Gasteiger charge is -1.99. The Hall–Kier alpha value is -1.84. The van der Waals surface area contributed by atoms with Crippen molar-refractivity contribution in [2.75, 3.05) is 0 Å². The van der Waals surface area contributed by atoms with E-state index in [-0.39, 0.29) is 17.1 Å². The van der Waals surface area contributed by atoms with Crippen molar-refractivity contribution in [1.82, 2.24) is 0 Å². The lowest BCUT2D eigenvalue weighted by atomic mass is 10.2. The predicted octanol–water partition coefficient (Wildman–Crippen LogP) is 2.36. The second-order valence-electron chi connectivity index (χ2n) is 3.44. The zero-order valence-corrected chi connectivity index (χ0v) is 9.32. The molecule has 0 bridgehead atoms. The first-order valence-electron chi connectivity index (χ1n) is 5.10. The van der Waals surface area contributed by atoms with Crippen LogP contribution in [0.15, 0.2) is 21.4 Å². The van der Waals surface area contributed by atoms with Crippen molar-refractivity contribution in [2.24, 2.45) is 0 Å². The van der Waals surface area contributed by atoms with E-state index in [1.807, 2.05) is 13.0 Å². The summed E-state index contributed by atoms with van der Waals surface area (Å²) in [4.78, 5) is 22.4. The standard InChI is InChI=1S/C12H14O4/c1-3-4-5-6-9-7-10(14)11(8(2)13)12(15)16-9/h5-7,14H,3-4H2,1-2H3/b6-5+. The van der Waals surface area contributed by atoms with E-state index in [1.54, 1.807) is 6.08 Å². The van der Waals surface area contributed by atoms with Gasteiger partial charge in [0.2, 0.25) is 0 Å². The summed E-state index contributed by atoms with van der Waals surface area (Å²) in [5.74, 6) is -0.587. The van der Waals surface area contributed by atoms with Crippen LogP contribution in [0.25, 0.3) is 6.08 Å². The Kier molecular flexibility index (Phi) is 4.05. The van der Waals surface area contributed by atoms with E-state index in [1.165, 1.54) is 13.0 Å². The van der Waals surface area contributed by atoms with Crippen LogP contribution in [0.3, 0.4) is 0 Å². The molecule has 0 spiro atoms. The Morgan fingerprint density at radius 2 is 2.25 bits per heavy atom. The minimum Gasteiger partial charge on any atom is -0.507 e. The summed E-state index contributed by atoms with van der Waals surface area (Å²) in [6, 6.07) is 1.27. The van der Waals surface area contributed by atoms with Crippen molar-refractivity contribution in [2.45, 2.75) is 26.7 Å². The molecule has 0 aromatic carbocycles. The summed E-state index contributed by atoms with van der Waals surface area (Å²) in [6.07, 6.45) is 5.29. The molecule has 0 aliphatic heterocycles. The number of rotatable bonds is 4. The summed E-state index contributed by atoms with van der Waals surface area (Å²) in [6.45, 7) is 3.23. The van der Waals surface area contributed by atoms with Crippen LogP contribution in [0, 0.1) is 0 Å². The van der Waals surface area contributed by atoms with Crippen molar-refractivity contribution < 1.29 is 14.3 Å². The van der Waals surface area contributed by atoms with Crippen molar-refractivity contribution in [3.63, 3.8) is 0 Å². The predicted molar refractivity (Wildman–Crippen MR) is 60.6 cm³/mol. The highest BCUT2D eigenvalue weighted by Crippen LogP contribution is 2.16. The maximum Gasteiger partial charge on any atom is 0.350 e. The number of carbonyl (C=O) groups is 1. The van der Waals surface area contributed by atoms with Crippen molar-refractivity contribution >= 4 is 11.9 Å². The minimum atomic E-state index is -0.802. The average molecular weight is 222 g/mol. The van der Waals surface area contributed by atoms with Gasteiger partial charge in [0.05, 0.1) is 0 Å².